The quantitative estimate of drug-likeness (QED) is 0.473. The van der Waals surface area contributed by atoms with Gasteiger partial charge in [-0.2, -0.15) is 0 Å². The molecule has 20 heavy (non-hydrogen) atoms. The standard InChI is InChI=1S/C16H27N3O/c1-5-19(6-2)16(17)18-11-12-20-15-10-8-7-9-14(15)13(3)4/h7-10,13H,5-6,11-12H2,1-4H3,(H2,17,18). The van der Waals surface area contributed by atoms with Gasteiger partial charge in [-0.1, -0.05) is 32.0 Å². The SMILES string of the molecule is CCN(CC)C(N)=NCCOc1ccccc1C(C)C. The maximum atomic E-state index is 5.92. The highest BCUT2D eigenvalue weighted by atomic mass is 16.5. The van der Waals surface area contributed by atoms with Gasteiger partial charge < -0.3 is 15.4 Å². The van der Waals surface area contributed by atoms with Crippen LogP contribution in [0.5, 0.6) is 5.75 Å². The number of nitrogens with zero attached hydrogens (tertiary/aromatic N) is 2. The highest BCUT2D eigenvalue weighted by Gasteiger charge is 2.06. The minimum absolute atomic E-state index is 0.454. The van der Waals surface area contributed by atoms with E-state index in [4.69, 9.17) is 10.5 Å². The van der Waals surface area contributed by atoms with Gasteiger partial charge >= 0.3 is 0 Å². The number of ether oxygens (including phenoxy) is 1. The monoisotopic (exact) mass is 277 g/mol. The predicted molar refractivity (Wildman–Crippen MR) is 85.4 cm³/mol. The van der Waals surface area contributed by atoms with Crippen molar-refractivity contribution in [1.29, 1.82) is 0 Å². The molecule has 0 aliphatic heterocycles. The van der Waals surface area contributed by atoms with Crippen LogP contribution in [0.3, 0.4) is 0 Å². The molecule has 4 heteroatoms. The fourth-order valence-corrected chi connectivity index (χ4v) is 2.05. The zero-order chi connectivity index (χ0) is 15.0. The summed E-state index contributed by atoms with van der Waals surface area (Å²) in [5.74, 6) is 1.99. The normalized spacial score (nSPS) is 11.8. The average Bonchev–Trinajstić information content (AvgIpc) is 2.45. The van der Waals surface area contributed by atoms with E-state index in [1.165, 1.54) is 5.56 Å². The first-order chi connectivity index (χ1) is 9.60. The van der Waals surface area contributed by atoms with Crippen molar-refractivity contribution in [2.45, 2.75) is 33.6 Å². The van der Waals surface area contributed by atoms with Crippen LogP contribution in [-0.4, -0.2) is 37.1 Å². The van der Waals surface area contributed by atoms with Crippen molar-refractivity contribution in [2.75, 3.05) is 26.2 Å². The minimum atomic E-state index is 0.454. The van der Waals surface area contributed by atoms with E-state index >= 15 is 0 Å². The number of hydrogen-bond donors (Lipinski definition) is 1. The fourth-order valence-electron chi connectivity index (χ4n) is 2.05. The van der Waals surface area contributed by atoms with Gasteiger partial charge in [-0.25, -0.2) is 4.99 Å². The Morgan fingerprint density at radius 2 is 1.90 bits per heavy atom. The Kier molecular flexibility index (Phi) is 6.91. The van der Waals surface area contributed by atoms with E-state index in [1.807, 2.05) is 23.1 Å². The first-order valence-electron chi connectivity index (χ1n) is 7.36. The molecule has 0 atom stereocenters. The van der Waals surface area contributed by atoms with Crippen LogP contribution in [0.25, 0.3) is 0 Å². The molecule has 0 saturated carbocycles. The molecule has 0 radical (unpaired) electrons. The lowest BCUT2D eigenvalue weighted by molar-refractivity contribution is 0.323. The molecule has 4 nitrogen and oxygen atoms in total. The second-order valence-corrected chi connectivity index (χ2v) is 4.95. The van der Waals surface area contributed by atoms with E-state index in [0.717, 1.165) is 18.8 Å². The maximum absolute atomic E-state index is 5.92. The van der Waals surface area contributed by atoms with Crippen LogP contribution >= 0.6 is 0 Å². The summed E-state index contributed by atoms with van der Waals surface area (Å²) in [6.07, 6.45) is 0. The van der Waals surface area contributed by atoms with E-state index in [0.29, 0.717) is 25.0 Å². The molecule has 0 spiro atoms. The van der Waals surface area contributed by atoms with Gasteiger partial charge in [0.2, 0.25) is 0 Å². The maximum Gasteiger partial charge on any atom is 0.191 e. The van der Waals surface area contributed by atoms with E-state index in [9.17, 15) is 0 Å². The number of benzene rings is 1. The van der Waals surface area contributed by atoms with Gasteiger partial charge in [-0.3, -0.25) is 0 Å². The lowest BCUT2D eigenvalue weighted by Gasteiger charge is -2.19. The Morgan fingerprint density at radius 1 is 1.25 bits per heavy atom. The zero-order valence-corrected chi connectivity index (χ0v) is 13.1. The van der Waals surface area contributed by atoms with Crippen LogP contribution in [0.15, 0.2) is 29.3 Å². The number of guanidine groups is 1. The average molecular weight is 277 g/mol. The molecule has 0 fully saturated rings. The van der Waals surface area contributed by atoms with Crippen molar-refractivity contribution < 1.29 is 4.74 Å². The molecule has 0 unspecified atom stereocenters. The van der Waals surface area contributed by atoms with Crippen LogP contribution in [0.1, 0.15) is 39.2 Å². The van der Waals surface area contributed by atoms with E-state index in [1.54, 1.807) is 0 Å². The molecular formula is C16H27N3O. The molecule has 1 aromatic carbocycles. The molecule has 0 amide bonds. The van der Waals surface area contributed by atoms with E-state index in [-0.39, 0.29) is 0 Å². The first kappa shape index (κ1) is 16.3. The van der Waals surface area contributed by atoms with Crippen LogP contribution in [0, 0.1) is 0 Å². The highest BCUT2D eigenvalue weighted by Crippen LogP contribution is 2.25. The summed E-state index contributed by atoms with van der Waals surface area (Å²) in [6, 6.07) is 8.15. The third-order valence-corrected chi connectivity index (χ3v) is 3.25. The highest BCUT2D eigenvalue weighted by molar-refractivity contribution is 5.77. The third kappa shape index (κ3) is 4.76. The topological polar surface area (TPSA) is 50.8 Å². The van der Waals surface area contributed by atoms with E-state index in [2.05, 4.69) is 38.8 Å². The molecule has 0 aliphatic carbocycles. The Hall–Kier alpha value is -1.71. The predicted octanol–water partition coefficient (Wildman–Crippen LogP) is 2.85. The van der Waals surface area contributed by atoms with Gasteiger partial charge in [0.15, 0.2) is 5.96 Å². The third-order valence-electron chi connectivity index (χ3n) is 3.25. The van der Waals surface area contributed by atoms with E-state index < -0.39 is 0 Å². The van der Waals surface area contributed by atoms with Gasteiger partial charge in [-0.15, -0.1) is 0 Å². The largest absolute Gasteiger partial charge is 0.491 e. The first-order valence-corrected chi connectivity index (χ1v) is 7.36. The summed E-state index contributed by atoms with van der Waals surface area (Å²) in [5, 5.41) is 0. The summed E-state index contributed by atoms with van der Waals surface area (Å²) in [6.45, 7) is 11.4. The summed E-state index contributed by atoms with van der Waals surface area (Å²) in [7, 11) is 0. The summed E-state index contributed by atoms with van der Waals surface area (Å²) in [5.41, 5.74) is 7.15. The minimum Gasteiger partial charge on any atom is -0.491 e. The van der Waals surface area contributed by atoms with Crippen molar-refractivity contribution in [1.82, 2.24) is 4.90 Å². The number of hydrogen-bond acceptors (Lipinski definition) is 2. The number of rotatable bonds is 7. The smallest absolute Gasteiger partial charge is 0.191 e. The Labute approximate surface area is 122 Å². The lowest BCUT2D eigenvalue weighted by Crippen LogP contribution is -2.37. The van der Waals surface area contributed by atoms with Crippen LogP contribution in [-0.2, 0) is 0 Å². The summed E-state index contributed by atoms with van der Waals surface area (Å²) in [4.78, 5) is 6.38. The number of nitrogens with two attached hydrogens (primary N) is 1. The lowest BCUT2D eigenvalue weighted by atomic mass is 10.0. The van der Waals surface area contributed by atoms with Crippen molar-refractivity contribution in [3.05, 3.63) is 29.8 Å². The second kappa shape index (κ2) is 8.46. The number of aliphatic imine (C=N–C) groups is 1. The van der Waals surface area contributed by atoms with Gasteiger partial charge in [0.1, 0.15) is 12.4 Å². The molecule has 0 saturated heterocycles. The summed E-state index contributed by atoms with van der Waals surface area (Å²) >= 11 is 0. The number of para-hydroxylation sites is 1. The van der Waals surface area contributed by atoms with Gasteiger partial charge in [0.25, 0.3) is 0 Å². The summed E-state index contributed by atoms with van der Waals surface area (Å²) < 4.78 is 5.81. The van der Waals surface area contributed by atoms with Gasteiger partial charge in [0, 0.05) is 13.1 Å². The van der Waals surface area contributed by atoms with Crippen molar-refractivity contribution >= 4 is 5.96 Å². The van der Waals surface area contributed by atoms with Crippen LogP contribution in [0.2, 0.25) is 0 Å². The molecule has 1 rings (SSSR count). The molecule has 2 N–H and O–H groups in total. The molecule has 1 aromatic rings. The van der Waals surface area contributed by atoms with Crippen molar-refractivity contribution in [3.63, 3.8) is 0 Å². The van der Waals surface area contributed by atoms with Crippen molar-refractivity contribution in [3.8, 4) is 5.75 Å². The van der Waals surface area contributed by atoms with Gasteiger partial charge in [-0.05, 0) is 31.4 Å². The molecule has 0 bridgehead atoms. The van der Waals surface area contributed by atoms with Gasteiger partial charge in [0.05, 0.1) is 6.54 Å². The Balaban J connectivity index is 2.51. The van der Waals surface area contributed by atoms with Crippen LogP contribution < -0.4 is 10.5 Å². The second-order valence-electron chi connectivity index (χ2n) is 4.95. The zero-order valence-electron chi connectivity index (χ0n) is 13.1. The molecule has 0 aromatic heterocycles. The molecule has 0 heterocycles. The fraction of sp³-hybridized carbons (Fsp3) is 0.562. The Morgan fingerprint density at radius 3 is 2.50 bits per heavy atom. The van der Waals surface area contributed by atoms with Crippen LogP contribution in [0.4, 0.5) is 0 Å². The molecule has 112 valence electrons. The molecule has 0 aliphatic rings. The van der Waals surface area contributed by atoms with Crippen molar-refractivity contribution in [2.24, 2.45) is 10.7 Å². The Bertz CT molecular complexity index is 425. The molecular weight excluding hydrogens is 250 g/mol.